The Balaban J connectivity index is 1.53. The number of rotatable bonds is 6. The van der Waals surface area contributed by atoms with Gasteiger partial charge in [0.05, 0.1) is 27.7 Å². The summed E-state index contributed by atoms with van der Waals surface area (Å²) in [5.74, 6) is -5.72. The molecule has 0 saturated heterocycles. The molecule has 5 nitrogen and oxygen atoms in total. The van der Waals surface area contributed by atoms with Crippen molar-refractivity contribution in [2.75, 3.05) is 11.9 Å². The molecule has 2 amide bonds. The fourth-order valence-electron chi connectivity index (χ4n) is 2.23. The van der Waals surface area contributed by atoms with Gasteiger partial charge in [-0.3, -0.25) is 9.59 Å². The van der Waals surface area contributed by atoms with Gasteiger partial charge in [0.25, 0.3) is 0 Å². The van der Waals surface area contributed by atoms with Crippen molar-refractivity contribution in [1.29, 1.82) is 0 Å². The Morgan fingerprint density at radius 3 is 2.64 bits per heavy atom. The van der Waals surface area contributed by atoms with Gasteiger partial charge >= 0.3 is 0 Å². The SMILES string of the molecule is CC(Sc1nc2ccccc2s1)C(=O)NCC(=O)Nc1ccc(F)c(F)c1F. The normalized spacial score (nSPS) is 12.0. The predicted molar refractivity (Wildman–Crippen MR) is 103 cm³/mol. The van der Waals surface area contributed by atoms with Gasteiger partial charge in [-0.2, -0.15) is 0 Å². The number of amides is 2. The van der Waals surface area contributed by atoms with Crippen molar-refractivity contribution in [1.82, 2.24) is 10.3 Å². The average molecular weight is 425 g/mol. The number of hydrogen-bond acceptors (Lipinski definition) is 5. The van der Waals surface area contributed by atoms with Crippen LogP contribution in [0.15, 0.2) is 40.7 Å². The lowest BCUT2D eigenvalue weighted by atomic mass is 10.2. The maximum absolute atomic E-state index is 13.6. The molecule has 146 valence electrons. The molecule has 1 heterocycles. The van der Waals surface area contributed by atoms with Gasteiger partial charge in [-0.25, -0.2) is 18.2 Å². The van der Waals surface area contributed by atoms with E-state index >= 15 is 0 Å². The third-order valence-corrected chi connectivity index (χ3v) is 5.88. The minimum Gasteiger partial charge on any atom is -0.346 e. The number of anilines is 1. The van der Waals surface area contributed by atoms with E-state index in [-0.39, 0.29) is 0 Å². The van der Waals surface area contributed by atoms with Crippen LogP contribution < -0.4 is 10.6 Å². The fraction of sp³-hybridized carbons (Fsp3) is 0.167. The molecule has 0 fully saturated rings. The molecule has 0 radical (unpaired) electrons. The molecule has 0 spiro atoms. The number of nitrogens with zero attached hydrogens (tertiary/aromatic N) is 1. The minimum atomic E-state index is -1.68. The molecular formula is C18H14F3N3O2S2. The molecule has 2 aromatic carbocycles. The molecule has 0 saturated carbocycles. The molecule has 3 aromatic rings. The number of carbonyl (C=O) groups is 2. The monoisotopic (exact) mass is 425 g/mol. The van der Waals surface area contributed by atoms with Crippen molar-refractivity contribution in [2.45, 2.75) is 16.5 Å². The standard InChI is InChI=1S/C18H14F3N3O2S2/c1-9(27-18-24-11-4-2-3-5-13(11)28-18)17(26)22-8-14(25)23-12-7-6-10(19)15(20)16(12)21/h2-7,9H,8H2,1H3,(H,22,26)(H,23,25). The number of fused-ring (bicyclic) bond motifs is 1. The van der Waals surface area contributed by atoms with Crippen LogP contribution in [0.1, 0.15) is 6.92 Å². The molecule has 10 heteroatoms. The van der Waals surface area contributed by atoms with E-state index in [2.05, 4.69) is 15.6 Å². The smallest absolute Gasteiger partial charge is 0.243 e. The van der Waals surface area contributed by atoms with Crippen molar-refractivity contribution >= 4 is 50.8 Å². The average Bonchev–Trinajstić information content (AvgIpc) is 3.08. The van der Waals surface area contributed by atoms with Crippen LogP contribution in [0.2, 0.25) is 0 Å². The van der Waals surface area contributed by atoms with Gasteiger partial charge in [0.2, 0.25) is 11.8 Å². The quantitative estimate of drug-likeness (QED) is 0.464. The number of thiazole rings is 1. The summed E-state index contributed by atoms with van der Waals surface area (Å²) in [5, 5.41) is 3.98. The summed E-state index contributed by atoms with van der Waals surface area (Å²) < 4.78 is 41.3. The number of hydrogen-bond donors (Lipinski definition) is 2. The summed E-state index contributed by atoms with van der Waals surface area (Å²) in [6.07, 6.45) is 0. The van der Waals surface area contributed by atoms with Gasteiger partial charge in [-0.1, -0.05) is 23.9 Å². The van der Waals surface area contributed by atoms with E-state index in [1.165, 1.54) is 23.1 Å². The maximum Gasteiger partial charge on any atom is 0.243 e. The van der Waals surface area contributed by atoms with Gasteiger partial charge < -0.3 is 10.6 Å². The molecule has 0 aliphatic carbocycles. The van der Waals surface area contributed by atoms with Crippen LogP contribution in [0.5, 0.6) is 0 Å². The summed E-state index contributed by atoms with van der Waals surface area (Å²) in [5.41, 5.74) is 0.339. The van der Waals surface area contributed by atoms with Crippen LogP contribution in [0.4, 0.5) is 18.9 Å². The van der Waals surface area contributed by atoms with Gasteiger partial charge in [-0.15, -0.1) is 11.3 Å². The summed E-state index contributed by atoms with van der Waals surface area (Å²) in [4.78, 5) is 28.4. The van der Waals surface area contributed by atoms with Crippen LogP contribution in [0.25, 0.3) is 10.2 Å². The highest BCUT2D eigenvalue weighted by Crippen LogP contribution is 2.31. The lowest BCUT2D eigenvalue weighted by Gasteiger charge is -2.11. The Hall–Kier alpha value is -2.59. The number of carbonyl (C=O) groups excluding carboxylic acids is 2. The van der Waals surface area contributed by atoms with E-state index in [4.69, 9.17) is 0 Å². The Morgan fingerprint density at radius 2 is 1.89 bits per heavy atom. The number of benzene rings is 2. The number of aromatic nitrogens is 1. The lowest BCUT2D eigenvalue weighted by Crippen LogP contribution is -2.37. The van der Waals surface area contributed by atoms with Crippen LogP contribution in [-0.2, 0) is 9.59 Å². The van der Waals surface area contributed by atoms with Crippen LogP contribution >= 0.6 is 23.1 Å². The van der Waals surface area contributed by atoms with Crippen LogP contribution in [0.3, 0.4) is 0 Å². The first-order valence-corrected chi connectivity index (χ1v) is 9.78. The van der Waals surface area contributed by atoms with Crippen LogP contribution in [0, 0.1) is 17.5 Å². The fourth-order valence-corrected chi connectivity index (χ4v) is 4.47. The van der Waals surface area contributed by atoms with Gasteiger partial charge in [0.15, 0.2) is 21.8 Å². The number of para-hydroxylation sites is 1. The summed E-state index contributed by atoms with van der Waals surface area (Å²) in [6, 6.07) is 9.19. The zero-order valence-electron chi connectivity index (χ0n) is 14.5. The van der Waals surface area contributed by atoms with Crippen molar-refractivity contribution in [3.63, 3.8) is 0 Å². The van der Waals surface area contributed by atoms with Gasteiger partial charge in [0, 0.05) is 0 Å². The summed E-state index contributed by atoms with van der Waals surface area (Å²) in [6.45, 7) is 1.22. The molecule has 1 unspecified atom stereocenters. The molecule has 28 heavy (non-hydrogen) atoms. The second-order valence-electron chi connectivity index (χ2n) is 5.70. The molecule has 0 aliphatic rings. The van der Waals surface area contributed by atoms with E-state index in [0.717, 1.165) is 20.6 Å². The van der Waals surface area contributed by atoms with Crippen molar-refractivity contribution in [3.05, 3.63) is 53.8 Å². The van der Waals surface area contributed by atoms with Gasteiger partial charge in [-0.05, 0) is 31.2 Å². The zero-order valence-corrected chi connectivity index (χ0v) is 16.1. The molecule has 0 aliphatic heterocycles. The molecule has 3 rings (SSSR count). The zero-order chi connectivity index (χ0) is 20.3. The Morgan fingerprint density at radius 1 is 1.14 bits per heavy atom. The maximum atomic E-state index is 13.6. The summed E-state index contributed by atoms with van der Waals surface area (Å²) >= 11 is 2.71. The number of nitrogens with one attached hydrogen (secondary N) is 2. The second-order valence-corrected chi connectivity index (χ2v) is 8.32. The first-order chi connectivity index (χ1) is 13.3. The van der Waals surface area contributed by atoms with Crippen LogP contribution in [-0.4, -0.2) is 28.6 Å². The van der Waals surface area contributed by atoms with E-state index in [1.54, 1.807) is 6.92 Å². The summed E-state index contributed by atoms with van der Waals surface area (Å²) in [7, 11) is 0. The topological polar surface area (TPSA) is 71.1 Å². The first kappa shape index (κ1) is 20.2. The molecular weight excluding hydrogens is 411 g/mol. The second kappa shape index (κ2) is 8.61. The van der Waals surface area contributed by atoms with Crippen molar-refractivity contribution < 1.29 is 22.8 Å². The highest BCUT2D eigenvalue weighted by atomic mass is 32.2. The predicted octanol–water partition coefficient (Wildman–Crippen LogP) is 3.95. The van der Waals surface area contributed by atoms with E-state index in [1.807, 2.05) is 24.3 Å². The van der Waals surface area contributed by atoms with Gasteiger partial charge in [0.1, 0.15) is 0 Å². The van der Waals surface area contributed by atoms with E-state index in [9.17, 15) is 22.8 Å². The molecule has 0 bridgehead atoms. The third-order valence-electron chi connectivity index (χ3n) is 3.65. The Bertz CT molecular complexity index is 1010. The highest BCUT2D eigenvalue weighted by Gasteiger charge is 2.19. The largest absolute Gasteiger partial charge is 0.346 e. The van der Waals surface area contributed by atoms with E-state index < -0.39 is 46.7 Å². The van der Waals surface area contributed by atoms with Crippen molar-refractivity contribution in [2.24, 2.45) is 0 Å². The van der Waals surface area contributed by atoms with E-state index in [0.29, 0.717) is 6.07 Å². The Labute approximate surface area is 166 Å². The third kappa shape index (κ3) is 4.63. The minimum absolute atomic E-state index is 0.412. The number of thioether (sulfide) groups is 1. The highest BCUT2D eigenvalue weighted by molar-refractivity contribution is 8.02. The number of halogens is 3. The lowest BCUT2D eigenvalue weighted by molar-refractivity contribution is -0.123. The Kier molecular flexibility index (Phi) is 6.20. The molecule has 1 aromatic heterocycles. The van der Waals surface area contributed by atoms with Crippen molar-refractivity contribution in [3.8, 4) is 0 Å². The molecule has 1 atom stereocenters. The molecule has 2 N–H and O–H groups in total. The first-order valence-electron chi connectivity index (χ1n) is 8.08.